The molecule has 1 aromatic carbocycles. The van der Waals surface area contributed by atoms with Crippen molar-refractivity contribution in [2.24, 2.45) is 0 Å². The fourth-order valence-electron chi connectivity index (χ4n) is 1.36. The van der Waals surface area contributed by atoms with Crippen molar-refractivity contribution >= 4 is 17.8 Å². The molecule has 0 aromatic heterocycles. The van der Waals surface area contributed by atoms with Crippen LogP contribution in [0.3, 0.4) is 0 Å². The topological polar surface area (TPSA) is 43.4 Å². The van der Waals surface area contributed by atoms with E-state index >= 15 is 0 Å². The van der Waals surface area contributed by atoms with E-state index in [1.165, 1.54) is 13.0 Å². The molecular formula is C15H18O3. The summed E-state index contributed by atoms with van der Waals surface area (Å²) in [6.07, 6.45) is 4.97. The maximum atomic E-state index is 11.3. The van der Waals surface area contributed by atoms with E-state index < -0.39 is 0 Å². The monoisotopic (exact) mass is 246 g/mol. The zero-order valence-electron chi connectivity index (χ0n) is 10.8. The van der Waals surface area contributed by atoms with E-state index in [2.05, 4.69) is 0 Å². The third kappa shape index (κ3) is 4.95. The third-order valence-electron chi connectivity index (χ3n) is 2.47. The predicted octanol–water partition coefficient (Wildman–Crippen LogP) is 3.25. The van der Waals surface area contributed by atoms with Gasteiger partial charge in [0.25, 0.3) is 0 Å². The lowest BCUT2D eigenvalue weighted by Gasteiger charge is -1.99. The molecule has 1 rings (SSSR count). The van der Waals surface area contributed by atoms with E-state index in [0.29, 0.717) is 12.2 Å². The first kappa shape index (κ1) is 14.2. The molecule has 0 aliphatic rings. The molecule has 0 aliphatic heterocycles. The normalized spacial score (nSPS) is 10.6. The van der Waals surface area contributed by atoms with Gasteiger partial charge >= 0.3 is 5.97 Å². The molecule has 0 fully saturated rings. The molecule has 0 bridgehead atoms. The summed E-state index contributed by atoms with van der Waals surface area (Å²) >= 11 is 0. The van der Waals surface area contributed by atoms with Gasteiger partial charge in [0, 0.05) is 11.6 Å². The van der Waals surface area contributed by atoms with Crippen LogP contribution in [0, 0.1) is 0 Å². The minimum Gasteiger partial charge on any atom is -0.463 e. The number of Topliss-reactive ketones (excluding diaryl/α,β-unsaturated/α-hetero) is 1. The molecule has 0 saturated carbocycles. The molecule has 0 amide bonds. The van der Waals surface area contributed by atoms with Crippen molar-refractivity contribution < 1.29 is 14.3 Å². The van der Waals surface area contributed by atoms with Crippen molar-refractivity contribution in [2.75, 3.05) is 6.61 Å². The SMILES string of the molecule is CCCCOC(=O)/C=C/c1ccc(C(C)=O)cc1. The van der Waals surface area contributed by atoms with E-state index in [0.717, 1.165) is 18.4 Å². The lowest BCUT2D eigenvalue weighted by atomic mass is 10.1. The quantitative estimate of drug-likeness (QED) is 0.335. The van der Waals surface area contributed by atoms with Crippen molar-refractivity contribution in [2.45, 2.75) is 26.7 Å². The van der Waals surface area contributed by atoms with Gasteiger partial charge in [-0.15, -0.1) is 0 Å². The number of benzene rings is 1. The van der Waals surface area contributed by atoms with Crippen molar-refractivity contribution in [1.29, 1.82) is 0 Å². The van der Waals surface area contributed by atoms with Crippen molar-refractivity contribution in [3.63, 3.8) is 0 Å². The standard InChI is InChI=1S/C15H18O3/c1-3-4-11-18-15(17)10-7-13-5-8-14(9-6-13)12(2)16/h5-10H,3-4,11H2,1-2H3/b10-7+. The smallest absolute Gasteiger partial charge is 0.330 e. The summed E-state index contributed by atoms with van der Waals surface area (Å²) in [5, 5.41) is 0. The second kappa shape index (κ2) is 7.43. The van der Waals surface area contributed by atoms with Gasteiger partial charge in [0.15, 0.2) is 5.78 Å². The van der Waals surface area contributed by atoms with Gasteiger partial charge in [-0.05, 0) is 25.0 Å². The Morgan fingerprint density at radius 1 is 1.22 bits per heavy atom. The van der Waals surface area contributed by atoms with E-state index in [1.54, 1.807) is 30.3 Å². The highest BCUT2D eigenvalue weighted by molar-refractivity contribution is 5.94. The van der Waals surface area contributed by atoms with Crippen LogP contribution in [0.5, 0.6) is 0 Å². The first-order valence-corrected chi connectivity index (χ1v) is 6.09. The Balaban J connectivity index is 2.51. The number of hydrogen-bond donors (Lipinski definition) is 0. The highest BCUT2D eigenvalue weighted by atomic mass is 16.5. The lowest BCUT2D eigenvalue weighted by molar-refractivity contribution is -0.137. The van der Waals surface area contributed by atoms with Crippen molar-refractivity contribution in [1.82, 2.24) is 0 Å². The average molecular weight is 246 g/mol. The molecule has 0 aliphatic carbocycles. The van der Waals surface area contributed by atoms with Gasteiger partial charge in [-0.3, -0.25) is 4.79 Å². The Kier molecular flexibility index (Phi) is 5.85. The van der Waals surface area contributed by atoms with Crippen LogP contribution in [-0.4, -0.2) is 18.4 Å². The van der Waals surface area contributed by atoms with Crippen LogP contribution >= 0.6 is 0 Å². The maximum absolute atomic E-state index is 11.3. The summed E-state index contributed by atoms with van der Waals surface area (Å²) in [7, 11) is 0. The first-order valence-electron chi connectivity index (χ1n) is 6.09. The van der Waals surface area contributed by atoms with Crippen LogP contribution in [0.25, 0.3) is 6.08 Å². The number of carbonyl (C=O) groups excluding carboxylic acids is 2. The molecule has 0 spiro atoms. The summed E-state index contributed by atoms with van der Waals surface area (Å²) in [5.41, 5.74) is 1.53. The second-order valence-electron chi connectivity index (χ2n) is 4.03. The molecule has 96 valence electrons. The number of rotatable bonds is 6. The maximum Gasteiger partial charge on any atom is 0.330 e. The van der Waals surface area contributed by atoms with Crippen LogP contribution in [0.2, 0.25) is 0 Å². The van der Waals surface area contributed by atoms with Gasteiger partial charge in [0.1, 0.15) is 0 Å². The van der Waals surface area contributed by atoms with Crippen molar-refractivity contribution in [3.05, 3.63) is 41.5 Å². The molecule has 0 radical (unpaired) electrons. The minimum absolute atomic E-state index is 0.0319. The van der Waals surface area contributed by atoms with Crippen molar-refractivity contribution in [3.8, 4) is 0 Å². The zero-order valence-corrected chi connectivity index (χ0v) is 10.8. The highest BCUT2D eigenvalue weighted by Crippen LogP contribution is 2.07. The Morgan fingerprint density at radius 2 is 1.89 bits per heavy atom. The Bertz CT molecular complexity index is 430. The van der Waals surface area contributed by atoms with Gasteiger partial charge in [-0.25, -0.2) is 4.79 Å². The van der Waals surface area contributed by atoms with Crippen LogP contribution in [-0.2, 0) is 9.53 Å². The number of hydrogen-bond acceptors (Lipinski definition) is 3. The highest BCUT2D eigenvalue weighted by Gasteiger charge is 1.98. The van der Waals surface area contributed by atoms with Gasteiger partial charge in [0.05, 0.1) is 6.61 Å². The van der Waals surface area contributed by atoms with E-state index in [-0.39, 0.29) is 11.8 Å². The summed E-state index contributed by atoms with van der Waals surface area (Å²) in [6.45, 7) is 4.03. The molecule has 18 heavy (non-hydrogen) atoms. The zero-order chi connectivity index (χ0) is 13.4. The molecule has 0 unspecified atom stereocenters. The summed E-state index contributed by atoms with van der Waals surface area (Å²) in [5.74, 6) is -0.302. The molecule has 0 N–H and O–H groups in total. The largest absolute Gasteiger partial charge is 0.463 e. The van der Waals surface area contributed by atoms with Crippen LogP contribution in [0.1, 0.15) is 42.6 Å². The fraction of sp³-hybridized carbons (Fsp3) is 0.333. The average Bonchev–Trinajstić information content (AvgIpc) is 2.37. The summed E-state index contributed by atoms with van der Waals surface area (Å²) in [4.78, 5) is 22.4. The van der Waals surface area contributed by atoms with Crippen LogP contribution in [0.15, 0.2) is 30.3 Å². The molecule has 0 atom stereocenters. The number of ketones is 1. The molecule has 1 aromatic rings. The number of carbonyl (C=O) groups is 2. The lowest BCUT2D eigenvalue weighted by Crippen LogP contribution is -2.01. The molecule has 3 nitrogen and oxygen atoms in total. The number of unbranched alkanes of at least 4 members (excludes halogenated alkanes) is 1. The Hall–Kier alpha value is -1.90. The van der Waals surface area contributed by atoms with Crippen LogP contribution < -0.4 is 0 Å². The molecule has 0 saturated heterocycles. The third-order valence-corrected chi connectivity index (χ3v) is 2.47. The fourth-order valence-corrected chi connectivity index (χ4v) is 1.36. The second-order valence-corrected chi connectivity index (χ2v) is 4.03. The van der Waals surface area contributed by atoms with Crippen LogP contribution in [0.4, 0.5) is 0 Å². The van der Waals surface area contributed by atoms with E-state index in [1.807, 2.05) is 6.92 Å². The van der Waals surface area contributed by atoms with Gasteiger partial charge in [-0.1, -0.05) is 37.6 Å². The number of ether oxygens (including phenoxy) is 1. The summed E-state index contributed by atoms with van der Waals surface area (Å²) < 4.78 is 4.99. The van der Waals surface area contributed by atoms with Gasteiger partial charge in [0.2, 0.25) is 0 Å². The van der Waals surface area contributed by atoms with Gasteiger partial charge < -0.3 is 4.74 Å². The summed E-state index contributed by atoms with van der Waals surface area (Å²) in [6, 6.07) is 7.08. The van der Waals surface area contributed by atoms with Gasteiger partial charge in [-0.2, -0.15) is 0 Å². The Labute approximate surface area is 107 Å². The minimum atomic E-state index is -0.334. The number of esters is 1. The van der Waals surface area contributed by atoms with E-state index in [4.69, 9.17) is 4.74 Å². The molecule has 0 heterocycles. The molecular weight excluding hydrogens is 228 g/mol. The molecule has 3 heteroatoms. The Morgan fingerprint density at radius 3 is 2.44 bits per heavy atom. The van der Waals surface area contributed by atoms with E-state index in [9.17, 15) is 9.59 Å². The first-order chi connectivity index (χ1) is 8.63. The predicted molar refractivity (Wildman–Crippen MR) is 71.3 cm³/mol.